The molecule has 0 N–H and O–H groups in total. The summed E-state index contributed by atoms with van der Waals surface area (Å²) in [4.78, 5) is 2.44. The van der Waals surface area contributed by atoms with Gasteiger partial charge in [0.25, 0.3) is 0 Å². The molecule has 63 heavy (non-hydrogen) atoms. The van der Waals surface area contributed by atoms with Crippen molar-refractivity contribution in [2.75, 3.05) is 4.90 Å². The topological polar surface area (TPSA) is 8.17 Å². The zero-order valence-corrected chi connectivity index (χ0v) is 35.3. The molecule has 2 nitrogen and oxygen atoms in total. The van der Waals surface area contributed by atoms with Gasteiger partial charge in [-0.2, -0.15) is 0 Å². The van der Waals surface area contributed by atoms with E-state index in [1.54, 1.807) is 0 Å². The monoisotopic (exact) mass is 804 g/mol. The summed E-state index contributed by atoms with van der Waals surface area (Å²) in [7, 11) is 0. The third-order valence-electron chi connectivity index (χ3n) is 13.4. The van der Waals surface area contributed by atoms with Crippen LogP contribution in [0.1, 0.15) is 25.0 Å². The van der Waals surface area contributed by atoms with Crippen molar-refractivity contribution in [2.45, 2.75) is 19.3 Å². The van der Waals surface area contributed by atoms with E-state index in [-0.39, 0.29) is 5.41 Å². The number of nitrogens with zero attached hydrogens (tertiary/aromatic N) is 2. The maximum absolute atomic E-state index is 2.44. The van der Waals surface area contributed by atoms with Gasteiger partial charge in [0.1, 0.15) is 0 Å². The number of fused-ring (bicyclic) bond motifs is 8. The van der Waals surface area contributed by atoms with E-state index >= 15 is 0 Å². The Labute approximate surface area is 368 Å². The molecule has 10 aromatic carbocycles. The quantitative estimate of drug-likeness (QED) is 0.156. The largest absolute Gasteiger partial charge is 0.310 e. The number of rotatable bonds is 7. The van der Waals surface area contributed by atoms with Crippen LogP contribution < -0.4 is 4.90 Å². The zero-order chi connectivity index (χ0) is 42.1. The molecular formula is C61H44N2. The Morgan fingerprint density at radius 1 is 0.365 bits per heavy atom. The molecule has 0 bridgehead atoms. The van der Waals surface area contributed by atoms with E-state index < -0.39 is 0 Å². The van der Waals surface area contributed by atoms with Gasteiger partial charge in [0, 0.05) is 44.2 Å². The van der Waals surface area contributed by atoms with Crippen LogP contribution >= 0.6 is 0 Å². The molecule has 0 atom stereocenters. The van der Waals surface area contributed by atoms with Gasteiger partial charge in [0.15, 0.2) is 0 Å². The van der Waals surface area contributed by atoms with Crippen molar-refractivity contribution in [2.24, 2.45) is 0 Å². The maximum atomic E-state index is 2.44. The van der Waals surface area contributed by atoms with E-state index in [1.165, 1.54) is 93.9 Å². The van der Waals surface area contributed by atoms with Crippen molar-refractivity contribution in [3.05, 3.63) is 242 Å². The average Bonchev–Trinajstić information content (AvgIpc) is 3.81. The van der Waals surface area contributed by atoms with Crippen LogP contribution in [0.15, 0.2) is 231 Å². The summed E-state index contributed by atoms with van der Waals surface area (Å²) in [6, 6.07) is 84.5. The number of hydrogen-bond donors (Lipinski definition) is 0. The van der Waals surface area contributed by atoms with Gasteiger partial charge < -0.3 is 9.47 Å². The summed E-state index contributed by atoms with van der Waals surface area (Å²) < 4.78 is 2.43. The summed E-state index contributed by atoms with van der Waals surface area (Å²) in [5.74, 6) is 0. The number of aromatic nitrogens is 1. The highest BCUT2D eigenvalue weighted by atomic mass is 15.1. The molecule has 11 aromatic rings. The third kappa shape index (κ3) is 5.94. The van der Waals surface area contributed by atoms with E-state index in [0.717, 1.165) is 17.1 Å². The van der Waals surface area contributed by atoms with E-state index in [2.05, 4.69) is 254 Å². The predicted molar refractivity (Wildman–Crippen MR) is 267 cm³/mol. The molecule has 1 heterocycles. The first-order chi connectivity index (χ1) is 31.0. The number of anilines is 3. The molecule has 0 radical (unpaired) electrons. The molecule has 1 aliphatic rings. The van der Waals surface area contributed by atoms with E-state index in [4.69, 9.17) is 0 Å². The molecule has 0 unspecified atom stereocenters. The second-order valence-corrected chi connectivity index (χ2v) is 17.3. The van der Waals surface area contributed by atoms with E-state index in [1.807, 2.05) is 0 Å². The van der Waals surface area contributed by atoms with Crippen LogP contribution in [0.5, 0.6) is 0 Å². The minimum Gasteiger partial charge on any atom is -0.310 e. The Morgan fingerprint density at radius 3 is 1.62 bits per heavy atom. The molecule has 1 aliphatic carbocycles. The number of benzene rings is 10. The minimum absolute atomic E-state index is 0.103. The maximum Gasteiger partial charge on any atom is 0.0619 e. The normalized spacial score (nSPS) is 12.7. The molecular weight excluding hydrogens is 761 g/mol. The lowest BCUT2D eigenvalue weighted by atomic mass is 9.82. The van der Waals surface area contributed by atoms with Gasteiger partial charge in [-0.15, -0.1) is 0 Å². The number of hydrogen-bond acceptors (Lipinski definition) is 1. The van der Waals surface area contributed by atoms with Crippen molar-refractivity contribution in [1.82, 2.24) is 4.57 Å². The molecule has 0 saturated heterocycles. The highest BCUT2D eigenvalue weighted by molar-refractivity contribution is 6.18. The Bertz CT molecular complexity index is 3500. The summed E-state index contributed by atoms with van der Waals surface area (Å²) in [5.41, 5.74) is 19.5. The summed E-state index contributed by atoms with van der Waals surface area (Å²) in [6.45, 7) is 4.71. The first kappa shape index (κ1) is 36.9. The van der Waals surface area contributed by atoms with Crippen LogP contribution in [-0.4, -0.2) is 4.57 Å². The Morgan fingerprint density at radius 2 is 0.905 bits per heavy atom. The van der Waals surface area contributed by atoms with Gasteiger partial charge in [-0.1, -0.05) is 196 Å². The molecule has 298 valence electrons. The van der Waals surface area contributed by atoms with Crippen molar-refractivity contribution < 1.29 is 0 Å². The predicted octanol–water partition coefficient (Wildman–Crippen LogP) is 16.7. The lowest BCUT2D eigenvalue weighted by molar-refractivity contribution is 0.660. The molecule has 2 heteroatoms. The summed E-state index contributed by atoms with van der Waals surface area (Å²) >= 11 is 0. The Kier molecular flexibility index (Phi) is 8.55. The standard InChI is InChI=1S/C61H44N2/c1-61(2)55-23-12-10-22-54(55)59-56(61)24-14-26-58(59)62(46-34-27-42(28-35-46)41-15-4-3-5-16-41)47-36-29-44(30-37-47)49-18-8-9-19-50(49)45-31-38-48(39-32-45)63-57-25-13-11-21-52(57)53-40-33-43-17-6-7-20-51(43)60(53)63/h3-40H,1-2H3. The lowest BCUT2D eigenvalue weighted by Crippen LogP contribution is -2.16. The van der Waals surface area contributed by atoms with Gasteiger partial charge in [0.05, 0.1) is 16.7 Å². The van der Waals surface area contributed by atoms with Crippen molar-refractivity contribution in [1.29, 1.82) is 0 Å². The Balaban J connectivity index is 0.943. The molecule has 0 spiro atoms. The van der Waals surface area contributed by atoms with Gasteiger partial charge in [-0.3, -0.25) is 0 Å². The van der Waals surface area contributed by atoms with Gasteiger partial charge in [0.2, 0.25) is 0 Å². The average molecular weight is 805 g/mol. The van der Waals surface area contributed by atoms with Crippen LogP contribution in [-0.2, 0) is 5.41 Å². The van der Waals surface area contributed by atoms with Crippen molar-refractivity contribution in [3.63, 3.8) is 0 Å². The van der Waals surface area contributed by atoms with Crippen LogP contribution in [0.25, 0.3) is 82.8 Å². The fourth-order valence-electron chi connectivity index (χ4n) is 10.3. The molecule has 0 amide bonds. The summed E-state index contributed by atoms with van der Waals surface area (Å²) in [6.07, 6.45) is 0. The first-order valence-corrected chi connectivity index (χ1v) is 21.9. The molecule has 0 fully saturated rings. The second-order valence-electron chi connectivity index (χ2n) is 17.3. The van der Waals surface area contributed by atoms with E-state index in [0.29, 0.717) is 0 Å². The highest BCUT2D eigenvalue weighted by Gasteiger charge is 2.37. The minimum atomic E-state index is -0.103. The van der Waals surface area contributed by atoms with Gasteiger partial charge in [-0.25, -0.2) is 0 Å². The van der Waals surface area contributed by atoms with Crippen LogP contribution in [0.3, 0.4) is 0 Å². The van der Waals surface area contributed by atoms with Gasteiger partial charge in [-0.05, 0) is 104 Å². The fourth-order valence-corrected chi connectivity index (χ4v) is 10.3. The molecule has 1 aromatic heterocycles. The summed E-state index contributed by atoms with van der Waals surface area (Å²) in [5, 5.41) is 5.05. The van der Waals surface area contributed by atoms with Crippen LogP contribution in [0, 0.1) is 0 Å². The van der Waals surface area contributed by atoms with Crippen molar-refractivity contribution >= 4 is 49.6 Å². The van der Waals surface area contributed by atoms with E-state index in [9.17, 15) is 0 Å². The van der Waals surface area contributed by atoms with Gasteiger partial charge >= 0.3 is 0 Å². The lowest BCUT2D eigenvalue weighted by Gasteiger charge is -2.29. The molecule has 0 aliphatic heterocycles. The zero-order valence-electron chi connectivity index (χ0n) is 35.3. The third-order valence-corrected chi connectivity index (χ3v) is 13.4. The smallest absolute Gasteiger partial charge is 0.0619 e. The Hall–Kier alpha value is -7.94. The molecule has 12 rings (SSSR count). The van der Waals surface area contributed by atoms with Crippen molar-refractivity contribution in [3.8, 4) is 50.2 Å². The molecule has 0 saturated carbocycles. The van der Waals surface area contributed by atoms with Crippen LogP contribution in [0.4, 0.5) is 17.1 Å². The highest BCUT2D eigenvalue weighted by Crippen LogP contribution is 2.54. The van der Waals surface area contributed by atoms with Crippen LogP contribution in [0.2, 0.25) is 0 Å². The first-order valence-electron chi connectivity index (χ1n) is 21.9. The fraction of sp³-hybridized carbons (Fsp3) is 0.0492. The SMILES string of the molecule is CC1(C)c2ccccc2-c2c(N(c3ccc(-c4ccccc4)cc3)c3ccc(-c4ccccc4-c4ccc(-n5c6ccccc6c6ccc7ccccc7c65)cc4)cc3)cccc21. The second kappa shape index (κ2) is 14.6. The number of para-hydroxylation sites is 1.